The Balaban J connectivity index is 2.29. The van der Waals surface area contributed by atoms with E-state index < -0.39 is 5.97 Å². The minimum atomic E-state index is -0.719. The predicted molar refractivity (Wildman–Crippen MR) is 51.0 cm³/mol. The van der Waals surface area contributed by atoms with E-state index in [0.29, 0.717) is 12.8 Å². The third-order valence-corrected chi connectivity index (χ3v) is 2.64. The van der Waals surface area contributed by atoms with Gasteiger partial charge in [-0.05, 0) is 25.7 Å². The van der Waals surface area contributed by atoms with Crippen LogP contribution in [0.1, 0.15) is 25.7 Å². The Morgan fingerprint density at radius 1 is 1.21 bits per heavy atom. The highest BCUT2D eigenvalue weighted by Crippen LogP contribution is 2.24. The van der Waals surface area contributed by atoms with Crippen LogP contribution in [0.5, 0.6) is 0 Å². The molecule has 0 atom stereocenters. The first kappa shape index (κ1) is 10.8. The lowest BCUT2D eigenvalue weighted by Gasteiger charge is -2.26. The van der Waals surface area contributed by atoms with Crippen LogP contribution in [-0.4, -0.2) is 30.2 Å². The van der Waals surface area contributed by atoms with Crippen LogP contribution in [0.2, 0.25) is 0 Å². The summed E-state index contributed by atoms with van der Waals surface area (Å²) in [4.78, 5) is 21.6. The zero-order valence-electron chi connectivity index (χ0n) is 8.25. The number of carboxylic acids is 1. The number of amides is 2. The van der Waals surface area contributed by atoms with Crippen LogP contribution >= 0.6 is 0 Å². The predicted octanol–water partition coefficient (Wildman–Crippen LogP) is 0.559. The van der Waals surface area contributed by atoms with Gasteiger partial charge in [-0.2, -0.15) is 0 Å². The lowest BCUT2D eigenvalue weighted by Crippen LogP contribution is -2.42. The van der Waals surface area contributed by atoms with Gasteiger partial charge in [0.1, 0.15) is 0 Å². The topological polar surface area (TPSA) is 78.4 Å². The summed E-state index contributed by atoms with van der Waals surface area (Å²) in [5.74, 6) is -0.943. The quantitative estimate of drug-likeness (QED) is 0.609. The van der Waals surface area contributed by atoms with Gasteiger partial charge in [0, 0.05) is 13.1 Å². The van der Waals surface area contributed by atoms with Gasteiger partial charge in [-0.25, -0.2) is 4.79 Å². The van der Waals surface area contributed by atoms with Crippen molar-refractivity contribution in [2.75, 3.05) is 7.05 Å². The number of urea groups is 1. The Morgan fingerprint density at radius 2 is 1.79 bits per heavy atom. The van der Waals surface area contributed by atoms with Crippen molar-refractivity contribution in [2.24, 2.45) is 5.92 Å². The molecule has 5 nitrogen and oxygen atoms in total. The fourth-order valence-electron chi connectivity index (χ4n) is 1.74. The van der Waals surface area contributed by atoms with Crippen molar-refractivity contribution in [3.8, 4) is 0 Å². The minimum Gasteiger partial charge on any atom is -0.481 e. The standard InChI is InChI=1S/C9H16N2O3/c1-10-9(14)11-7-4-2-6(3-5-7)8(12)13/h6-7H,2-5H2,1H3,(H,12,13)(H2,10,11,14). The number of rotatable bonds is 2. The van der Waals surface area contributed by atoms with Crippen molar-refractivity contribution < 1.29 is 14.7 Å². The highest BCUT2D eigenvalue weighted by atomic mass is 16.4. The van der Waals surface area contributed by atoms with Crippen molar-refractivity contribution >= 4 is 12.0 Å². The van der Waals surface area contributed by atoms with E-state index in [-0.39, 0.29) is 18.0 Å². The molecule has 0 aromatic heterocycles. The van der Waals surface area contributed by atoms with Crippen LogP contribution in [0, 0.1) is 5.92 Å². The molecule has 1 aliphatic carbocycles. The molecular weight excluding hydrogens is 184 g/mol. The average Bonchev–Trinajstić information content (AvgIpc) is 2.18. The fraction of sp³-hybridized carbons (Fsp3) is 0.778. The first-order chi connectivity index (χ1) is 6.63. The molecule has 0 unspecified atom stereocenters. The number of nitrogens with one attached hydrogen (secondary N) is 2. The van der Waals surface area contributed by atoms with Crippen molar-refractivity contribution in [1.29, 1.82) is 0 Å². The van der Waals surface area contributed by atoms with Crippen molar-refractivity contribution in [1.82, 2.24) is 10.6 Å². The molecule has 0 bridgehead atoms. The molecule has 14 heavy (non-hydrogen) atoms. The second-order valence-corrected chi connectivity index (χ2v) is 3.61. The average molecular weight is 200 g/mol. The monoisotopic (exact) mass is 200 g/mol. The van der Waals surface area contributed by atoms with E-state index in [1.165, 1.54) is 0 Å². The highest BCUT2D eigenvalue weighted by molar-refractivity contribution is 5.74. The molecule has 0 saturated heterocycles. The molecule has 0 heterocycles. The van der Waals surface area contributed by atoms with E-state index in [1.807, 2.05) is 0 Å². The maximum absolute atomic E-state index is 11.0. The van der Waals surface area contributed by atoms with Gasteiger partial charge in [0.25, 0.3) is 0 Å². The van der Waals surface area contributed by atoms with Crippen molar-refractivity contribution in [3.05, 3.63) is 0 Å². The lowest BCUT2D eigenvalue weighted by molar-refractivity contribution is -0.142. The van der Waals surface area contributed by atoms with E-state index in [2.05, 4.69) is 10.6 Å². The van der Waals surface area contributed by atoms with Crippen molar-refractivity contribution in [3.63, 3.8) is 0 Å². The Morgan fingerprint density at radius 3 is 2.21 bits per heavy atom. The van der Waals surface area contributed by atoms with E-state index in [0.717, 1.165) is 12.8 Å². The molecule has 3 N–H and O–H groups in total. The van der Waals surface area contributed by atoms with Gasteiger partial charge in [0.15, 0.2) is 0 Å². The summed E-state index contributed by atoms with van der Waals surface area (Å²) in [5.41, 5.74) is 0. The molecule has 0 aliphatic heterocycles. The van der Waals surface area contributed by atoms with Crippen LogP contribution in [0.3, 0.4) is 0 Å². The number of carboxylic acid groups (broad SMARTS) is 1. The van der Waals surface area contributed by atoms with Gasteiger partial charge >= 0.3 is 12.0 Å². The Hall–Kier alpha value is -1.26. The molecule has 0 aromatic rings. The minimum absolute atomic E-state index is 0.130. The van der Waals surface area contributed by atoms with Gasteiger partial charge in [0.2, 0.25) is 0 Å². The lowest BCUT2D eigenvalue weighted by atomic mass is 9.86. The summed E-state index contributed by atoms with van der Waals surface area (Å²) in [6.45, 7) is 0. The number of aliphatic carboxylic acids is 1. The SMILES string of the molecule is CNC(=O)NC1CCC(C(=O)O)CC1. The van der Waals surface area contributed by atoms with Crippen LogP contribution in [0.15, 0.2) is 0 Å². The third kappa shape index (κ3) is 2.90. The number of hydrogen-bond donors (Lipinski definition) is 3. The van der Waals surface area contributed by atoms with Crippen LogP contribution in [0.25, 0.3) is 0 Å². The van der Waals surface area contributed by atoms with Crippen LogP contribution < -0.4 is 10.6 Å². The number of carbonyl (C=O) groups excluding carboxylic acids is 1. The summed E-state index contributed by atoms with van der Waals surface area (Å²) in [6, 6.07) is -0.0608. The van der Waals surface area contributed by atoms with E-state index in [4.69, 9.17) is 5.11 Å². The molecule has 80 valence electrons. The second kappa shape index (κ2) is 4.83. The summed E-state index contributed by atoms with van der Waals surface area (Å²) in [6.07, 6.45) is 2.82. The molecule has 0 spiro atoms. The molecule has 1 fully saturated rings. The largest absolute Gasteiger partial charge is 0.481 e. The Bertz CT molecular complexity index is 222. The summed E-state index contributed by atoms with van der Waals surface area (Å²) in [5, 5.41) is 14.0. The fourth-order valence-corrected chi connectivity index (χ4v) is 1.74. The van der Waals surface area contributed by atoms with Gasteiger partial charge in [-0.3, -0.25) is 4.79 Å². The maximum atomic E-state index is 11.0. The van der Waals surface area contributed by atoms with Gasteiger partial charge in [-0.15, -0.1) is 0 Å². The van der Waals surface area contributed by atoms with Crippen LogP contribution in [-0.2, 0) is 4.79 Å². The number of carbonyl (C=O) groups is 2. The third-order valence-electron chi connectivity index (χ3n) is 2.64. The molecule has 1 saturated carbocycles. The molecule has 0 radical (unpaired) electrons. The molecular formula is C9H16N2O3. The molecule has 0 aromatic carbocycles. The van der Waals surface area contributed by atoms with E-state index >= 15 is 0 Å². The van der Waals surface area contributed by atoms with E-state index in [9.17, 15) is 9.59 Å². The van der Waals surface area contributed by atoms with Crippen LogP contribution in [0.4, 0.5) is 4.79 Å². The summed E-state index contributed by atoms with van der Waals surface area (Å²) in [7, 11) is 1.57. The highest BCUT2D eigenvalue weighted by Gasteiger charge is 2.26. The van der Waals surface area contributed by atoms with Gasteiger partial charge in [-0.1, -0.05) is 0 Å². The normalized spacial score (nSPS) is 26.6. The zero-order chi connectivity index (χ0) is 10.6. The zero-order valence-corrected chi connectivity index (χ0v) is 8.25. The second-order valence-electron chi connectivity index (χ2n) is 3.61. The summed E-state index contributed by atoms with van der Waals surface area (Å²) >= 11 is 0. The number of hydrogen-bond acceptors (Lipinski definition) is 2. The summed E-state index contributed by atoms with van der Waals surface area (Å²) < 4.78 is 0. The maximum Gasteiger partial charge on any atom is 0.314 e. The molecule has 1 aliphatic rings. The van der Waals surface area contributed by atoms with E-state index in [1.54, 1.807) is 7.05 Å². The van der Waals surface area contributed by atoms with Gasteiger partial charge in [0.05, 0.1) is 5.92 Å². The Kier molecular flexibility index (Phi) is 3.73. The Labute approximate surface area is 82.9 Å². The molecule has 5 heteroatoms. The first-order valence-corrected chi connectivity index (χ1v) is 4.84. The van der Waals surface area contributed by atoms with Crippen molar-refractivity contribution in [2.45, 2.75) is 31.7 Å². The smallest absolute Gasteiger partial charge is 0.314 e. The molecule has 1 rings (SSSR count). The first-order valence-electron chi connectivity index (χ1n) is 4.84. The van der Waals surface area contributed by atoms with Gasteiger partial charge < -0.3 is 15.7 Å². The molecule has 2 amide bonds.